The highest BCUT2D eigenvalue weighted by Crippen LogP contribution is 2.30. The van der Waals surface area contributed by atoms with Crippen LogP contribution in [0.4, 0.5) is 11.4 Å². The van der Waals surface area contributed by atoms with Crippen LogP contribution in [0.3, 0.4) is 0 Å². The van der Waals surface area contributed by atoms with E-state index in [9.17, 15) is 13.2 Å². The fraction of sp³-hybridized carbons (Fsp3) is 0.235. The van der Waals surface area contributed by atoms with Gasteiger partial charge in [0.25, 0.3) is 10.0 Å². The first kappa shape index (κ1) is 15.6. The molecule has 0 amide bonds. The molecule has 0 radical (unpaired) electrons. The van der Waals surface area contributed by atoms with E-state index in [1.165, 1.54) is 31.2 Å². The summed E-state index contributed by atoms with van der Waals surface area (Å²) in [5.41, 5.74) is 3.32. The number of carbonyl (C=O) groups is 1. The van der Waals surface area contributed by atoms with Gasteiger partial charge < -0.3 is 4.90 Å². The Morgan fingerprint density at radius 2 is 1.83 bits per heavy atom. The Labute approximate surface area is 136 Å². The predicted molar refractivity (Wildman–Crippen MR) is 90.7 cm³/mol. The first-order valence-electron chi connectivity index (χ1n) is 7.35. The summed E-state index contributed by atoms with van der Waals surface area (Å²) < 4.78 is 27.5. The number of Topliss-reactive ketones (excluding diaryl/α,β-unsaturated/α-hetero) is 1. The third-order valence-electron chi connectivity index (χ3n) is 4.03. The number of hydrogen-bond donors (Lipinski definition) is 1. The maximum absolute atomic E-state index is 12.4. The van der Waals surface area contributed by atoms with Crippen LogP contribution >= 0.6 is 0 Å². The van der Waals surface area contributed by atoms with Crippen LogP contribution in [-0.2, 0) is 16.4 Å². The normalized spacial score (nSPS) is 13.7. The molecule has 0 atom stereocenters. The van der Waals surface area contributed by atoms with E-state index in [0.29, 0.717) is 11.3 Å². The van der Waals surface area contributed by atoms with Crippen molar-refractivity contribution in [3.8, 4) is 0 Å². The fourth-order valence-electron chi connectivity index (χ4n) is 2.71. The summed E-state index contributed by atoms with van der Waals surface area (Å²) in [6, 6.07) is 11.5. The fourth-order valence-corrected chi connectivity index (χ4v) is 3.76. The van der Waals surface area contributed by atoms with Crippen LogP contribution < -0.4 is 9.62 Å². The molecule has 5 nitrogen and oxygen atoms in total. The van der Waals surface area contributed by atoms with E-state index in [2.05, 4.69) is 9.62 Å². The van der Waals surface area contributed by atoms with Gasteiger partial charge in [0.05, 0.1) is 4.90 Å². The van der Waals surface area contributed by atoms with Crippen molar-refractivity contribution in [2.45, 2.75) is 18.2 Å². The molecule has 0 saturated carbocycles. The van der Waals surface area contributed by atoms with Gasteiger partial charge in [-0.15, -0.1) is 0 Å². The first-order valence-corrected chi connectivity index (χ1v) is 8.83. The number of nitrogens with zero attached hydrogens (tertiary/aromatic N) is 1. The van der Waals surface area contributed by atoms with E-state index in [1.54, 1.807) is 6.07 Å². The van der Waals surface area contributed by atoms with E-state index in [4.69, 9.17) is 0 Å². The van der Waals surface area contributed by atoms with Crippen molar-refractivity contribution >= 4 is 27.2 Å². The quantitative estimate of drug-likeness (QED) is 0.875. The summed E-state index contributed by atoms with van der Waals surface area (Å²) in [4.78, 5) is 13.5. The van der Waals surface area contributed by atoms with E-state index in [0.717, 1.165) is 24.2 Å². The van der Waals surface area contributed by atoms with Gasteiger partial charge in [-0.1, -0.05) is 12.1 Å². The average molecular weight is 330 g/mol. The Kier molecular flexibility index (Phi) is 3.85. The maximum Gasteiger partial charge on any atom is 0.261 e. The monoisotopic (exact) mass is 330 g/mol. The number of sulfonamides is 1. The number of rotatable bonds is 4. The van der Waals surface area contributed by atoms with Crippen molar-refractivity contribution in [1.29, 1.82) is 0 Å². The molecule has 0 saturated heterocycles. The van der Waals surface area contributed by atoms with Crippen LogP contribution in [-0.4, -0.2) is 27.8 Å². The number of hydrogen-bond acceptors (Lipinski definition) is 4. The number of fused-ring (bicyclic) bond motifs is 1. The van der Waals surface area contributed by atoms with Crippen LogP contribution in [0.2, 0.25) is 0 Å². The van der Waals surface area contributed by atoms with Crippen LogP contribution in [0.15, 0.2) is 47.4 Å². The topological polar surface area (TPSA) is 66.5 Å². The summed E-state index contributed by atoms with van der Waals surface area (Å²) in [6.45, 7) is 2.39. The molecular formula is C17H18N2O3S. The second-order valence-electron chi connectivity index (χ2n) is 5.70. The van der Waals surface area contributed by atoms with E-state index >= 15 is 0 Å². The van der Waals surface area contributed by atoms with Crippen LogP contribution in [0.5, 0.6) is 0 Å². The van der Waals surface area contributed by atoms with Gasteiger partial charge in [0.1, 0.15) is 0 Å². The minimum Gasteiger partial charge on any atom is -0.374 e. The highest BCUT2D eigenvalue weighted by molar-refractivity contribution is 7.92. The SMILES string of the molecule is CC(=O)c1ccc(S(=O)(=O)Nc2ccc3c(c2)CCN3C)cc1. The minimum absolute atomic E-state index is 0.0929. The van der Waals surface area contributed by atoms with Gasteiger partial charge in [0.2, 0.25) is 0 Å². The Morgan fingerprint density at radius 1 is 1.13 bits per heavy atom. The lowest BCUT2D eigenvalue weighted by Gasteiger charge is -2.13. The lowest BCUT2D eigenvalue weighted by Crippen LogP contribution is -2.13. The third-order valence-corrected chi connectivity index (χ3v) is 5.43. The van der Waals surface area contributed by atoms with Crippen LogP contribution in [0.25, 0.3) is 0 Å². The van der Waals surface area contributed by atoms with Crippen LogP contribution in [0.1, 0.15) is 22.8 Å². The summed E-state index contributed by atoms with van der Waals surface area (Å²) in [5.74, 6) is -0.0929. The van der Waals surface area contributed by atoms with Gasteiger partial charge in [0.15, 0.2) is 5.78 Å². The van der Waals surface area contributed by atoms with Crippen molar-refractivity contribution in [2.24, 2.45) is 0 Å². The number of anilines is 2. The van der Waals surface area contributed by atoms with E-state index < -0.39 is 10.0 Å². The zero-order valence-corrected chi connectivity index (χ0v) is 13.9. The highest BCUT2D eigenvalue weighted by Gasteiger charge is 2.18. The second kappa shape index (κ2) is 5.70. The van der Waals surface area contributed by atoms with Crippen molar-refractivity contribution < 1.29 is 13.2 Å². The van der Waals surface area contributed by atoms with Gasteiger partial charge in [-0.3, -0.25) is 9.52 Å². The van der Waals surface area contributed by atoms with E-state index in [-0.39, 0.29) is 10.7 Å². The molecule has 120 valence electrons. The van der Waals surface area contributed by atoms with Crippen molar-refractivity contribution in [2.75, 3.05) is 23.2 Å². The molecule has 23 heavy (non-hydrogen) atoms. The molecule has 0 spiro atoms. The molecule has 0 aliphatic carbocycles. The molecular weight excluding hydrogens is 312 g/mol. The van der Waals surface area contributed by atoms with Gasteiger partial charge in [-0.05, 0) is 49.2 Å². The van der Waals surface area contributed by atoms with Gasteiger partial charge >= 0.3 is 0 Å². The predicted octanol–water partition coefficient (Wildman–Crippen LogP) is 2.68. The summed E-state index contributed by atoms with van der Waals surface area (Å²) >= 11 is 0. The van der Waals surface area contributed by atoms with Crippen molar-refractivity contribution in [3.05, 3.63) is 53.6 Å². The average Bonchev–Trinajstić information content (AvgIpc) is 2.88. The number of nitrogens with one attached hydrogen (secondary N) is 1. The molecule has 0 bridgehead atoms. The van der Waals surface area contributed by atoms with Crippen molar-refractivity contribution in [3.63, 3.8) is 0 Å². The second-order valence-corrected chi connectivity index (χ2v) is 7.38. The molecule has 0 aromatic heterocycles. The number of likely N-dealkylation sites (N-methyl/N-ethyl adjacent to an activating group) is 1. The largest absolute Gasteiger partial charge is 0.374 e. The molecule has 0 unspecified atom stereocenters. The number of carbonyl (C=O) groups excluding carboxylic acids is 1. The molecule has 1 heterocycles. The minimum atomic E-state index is -3.66. The highest BCUT2D eigenvalue weighted by atomic mass is 32.2. The lowest BCUT2D eigenvalue weighted by molar-refractivity contribution is 0.101. The van der Waals surface area contributed by atoms with Gasteiger partial charge in [0, 0.05) is 30.5 Å². The molecule has 1 aliphatic heterocycles. The molecule has 2 aromatic rings. The molecule has 1 aliphatic rings. The molecule has 6 heteroatoms. The molecule has 0 fully saturated rings. The molecule has 2 aromatic carbocycles. The zero-order valence-electron chi connectivity index (χ0n) is 13.0. The molecule has 1 N–H and O–H groups in total. The number of benzene rings is 2. The zero-order chi connectivity index (χ0) is 16.6. The maximum atomic E-state index is 12.4. The summed E-state index contributed by atoms with van der Waals surface area (Å²) in [5, 5.41) is 0. The van der Waals surface area contributed by atoms with Gasteiger partial charge in [-0.2, -0.15) is 0 Å². The smallest absolute Gasteiger partial charge is 0.261 e. The van der Waals surface area contributed by atoms with Crippen LogP contribution in [0, 0.1) is 0 Å². The third kappa shape index (κ3) is 3.07. The lowest BCUT2D eigenvalue weighted by atomic mass is 10.1. The Hall–Kier alpha value is -2.34. The first-order chi connectivity index (χ1) is 10.9. The Bertz CT molecular complexity index is 858. The summed E-state index contributed by atoms with van der Waals surface area (Å²) in [6.07, 6.45) is 0.911. The number of ketones is 1. The van der Waals surface area contributed by atoms with Gasteiger partial charge in [-0.25, -0.2) is 8.42 Å². The Balaban J connectivity index is 1.85. The van der Waals surface area contributed by atoms with Crippen molar-refractivity contribution in [1.82, 2.24) is 0 Å². The Morgan fingerprint density at radius 3 is 2.48 bits per heavy atom. The molecule has 3 rings (SSSR count). The summed E-state index contributed by atoms with van der Waals surface area (Å²) in [7, 11) is -1.64. The van der Waals surface area contributed by atoms with E-state index in [1.807, 2.05) is 19.2 Å². The standard InChI is InChI=1S/C17H18N2O3S/c1-12(20)13-3-6-16(7-4-13)23(21,22)18-15-5-8-17-14(11-15)9-10-19(17)2/h3-8,11,18H,9-10H2,1-2H3.